The van der Waals surface area contributed by atoms with Gasteiger partial charge in [0.1, 0.15) is 0 Å². The molecule has 0 heterocycles. The van der Waals surface area contributed by atoms with Gasteiger partial charge in [-0.05, 0) is 30.2 Å². The first-order chi connectivity index (χ1) is 7.00. The molecule has 0 radical (unpaired) electrons. The van der Waals surface area contributed by atoms with Crippen molar-refractivity contribution in [1.29, 1.82) is 0 Å². The van der Waals surface area contributed by atoms with Crippen LogP contribution < -0.4 is 0 Å². The number of carbonyl (C=O) groups is 1. The first kappa shape index (κ1) is 12.2. The molecular formula is C10H12ClNO2S. The number of nitrogens with zero attached hydrogens (tertiary/aromatic N) is 1. The van der Waals surface area contributed by atoms with Gasteiger partial charge in [-0.25, -0.2) is 4.79 Å². The van der Waals surface area contributed by atoms with Crippen LogP contribution in [-0.2, 0) is 6.42 Å². The highest BCUT2D eigenvalue weighted by Gasteiger charge is 2.06. The fourth-order valence-electron chi connectivity index (χ4n) is 1.14. The summed E-state index contributed by atoms with van der Waals surface area (Å²) in [6, 6.07) is 5.37. The minimum Gasteiger partial charge on any atom is -0.465 e. The van der Waals surface area contributed by atoms with Gasteiger partial charge < -0.3 is 10.0 Å². The zero-order valence-electron chi connectivity index (χ0n) is 8.27. The summed E-state index contributed by atoms with van der Waals surface area (Å²) in [5.41, 5.74) is 0.957. The molecule has 0 aliphatic heterocycles. The minimum atomic E-state index is -0.933. The molecule has 15 heavy (non-hydrogen) atoms. The SMILES string of the molecule is CN(CCc1cc(Cl)ccc1S)C(=O)O. The lowest BCUT2D eigenvalue weighted by molar-refractivity contribution is 0.156. The van der Waals surface area contributed by atoms with Crippen molar-refractivity contribution in [2.75, 3.05) is 13.6 Å². The van der Waals surface area contributed by atoms with Crippen LogP contribution in [0.3, 0.4) is 0 Å². The Hall–Kier alpha value is -0.870. The van der Waals surface area contributed by atoms with Crippen LogP contribution in [-0.4, -0.2) is 29.7 Å². The molecule has 0 atom stereocenters. The van der Waals surface area contributed by atoms with E-state index in [0.717, 1.165) is 10.5 Å². The number of hydrogen-bond acceptors (Lipinski definition) is 2. The summed E-state index contributed by atoms with van der Waals surface area (Å²) in [6.07, 6.45) is -0.319. The second-order valence-electron chi connectivity index (χ2n) is 3.23. The van der Waals surface area contributed by atoms with E-state index >= 15 is 0 Å². The van der Waals surface area contributed by atoms with Crippen molar-refractivity contribution < 1.29 is 9.90 Å². The highest BCUT2D eigenvalue weighted by atomic mass is 35.5. The molecule has 0 aromatic heterocycles. The predicted molar refractivity (Wildman–Crippen MR) is 63.1 cm³/mol. The Morgan fingerprint density at radius 1 is 1.60 bits per heavy atom. The first-order valence-electron chi connectivity index (χ1n) is 4.42. The molecule has 1 amide bonds. The zero-order chi connectivity index (χ0) is 11.4. The number of amides is 1. The van der Waals surface area contributed by atoms with Gasteiger partial charge in [-0.1, -0.05) is 11.6 Å². The molecular weight excluding hydrogens is 234 g/mol. The smallest absolute Gasteiger partial charge is 0.407 e. The Kier molecular flexibility index (Phi) is 4.29. The third-order valence-electron chi connectivity index (χ3n) is 2.08. The van der Waals surface area contributed by atoms with Crippen LogP contribution in [0.25, 0.3) is 0 Å². The number of thiol groups is 1. The number of hydrogen-bond donors (Lipinski definition) is 2. The maximum Gasteiger partial charge on any atom is 0.407 e. The molecule has 0 saturated carbocycles. The van der Waals surface area contributed by atoms with E-state index in [-0.39, 0.29) is 0 Å². The Bertz CT molecular complexity index is 370. The highest BCUT2D eigenvalue weighted by Crippen LogP contribution is 2.19. The van der Waals surface area contributed by atoms with E-state index in [1.54, 1.807) is 12.1 Å². The van der Waals surface area contributed by atoms with Crippen molar-refractivity contribution in [3.8, 4) is 0 Å². The van der Waals surface area contributed by atoms with Crippen LogP contribution >= 0.6 is 24.2 Å². The summed E-state index contributed by atoms with van der Waals surface area (Å²) >= 11 is 10.1. The quantitative estimate of drug-likeness (QED) is 0.804. The third kappa shape index (κ3) is 3.64. The molecule has 0 unspecified atom stereocenters. The Morgan fingerprint density at radius 3 is 2.87 bits per heavy atom. The summed E-state index contributed by atoms with van der Waals surface area (Å²) in [4.78, 5) is 12.6. The van der Waals surface area contributed by atoms with E-state index in [1.807, 2.05) is 6.07 Å². The predicted octanol–water partition coefficient (Wildman–Crippen LogP) is 2.78. The Labute approximate surface area is 99.1 Å². The highest BCUT2D eigenvalue weighted by molar-refractivity contribution is 7.80. The molecule has 0 spiro atoms. The average molecular weight is 246 g/mol. The molecule has 0 fully saturated rings. The molecule has 0 bridgehead atoms. The maximum absolute atomic E-state index is 10.6. The van der Waals surface area contributed by atoms with Crippen molar-refractivity contribution in [1.82, 2.24) is 4.90 Å². The molecule has 1 aromatic rings. The monoisotopic (exact) mass is 245 g/mol. The fourth-order valence-corrected chi connectivity index (χ4v) is 1.58. The molecule has 1 N–H and O–H groups in total. The van der Waals surface area contributed by atoms with Crippen molar-refractivity contribution in [3.63, 3.8) is 0 Å². The molecule has 0 aliphatic rings. The van der Waals surface area contributed by atoms with Crippen LogP contribution in [0, 0.1) is 0 Å². The fraction of sp³-hybridized carbons (Fsp3) is 0.300. The van der Waals surface area contributed by atoms with Gasteiger partial charge >= 0.3 is 6.09 Å². The lowest BCUT2D eigenvalue weighted by Gasteiger charge is -2.13. The molecule has 82 valence electrons. The van der Waals surface area contributed by atoms with Crippen LogP contribution in [0.15, 0.2) is 23.1 Å². The van der Waals surface area contributed by atoms with E-state index in [2.05, 4.69) is 12.6 Å². The number of likely N-dealkylation sites (N-methyl/N-ethyl adjacent to an activating group) is 1. The standard InChI is InChI=1S/C10H12ClNO2S/c1-12(10(13)14)5-4-7-6-8(11)2-3-9(7)15/h2-3,6,15H,4-5H2,1H3,(H,13,14). The summed E-state index contributed by atoms with van der Waals surface area (Å²) < 4.78 is 0. The van der Waals surface area contributed by atoms with Gasteiger partial charge in [0.15, 0.2) is 0 Å². The second-order valence-corrected chi connectivity index (χ2v) is 4.15. The average Bonchev–Trinajstić information content (AvgIpc) is 2.18. The van der Waals surface area contributed by atoms with Crippen molar-refractivity contribution in [2.45, 2.75) is 11.3 Å². The third-order valence-corrected chi connectivity index (χ3v) is 2.76. The molecule has 1 rings (SSSR count). The number of benzene rings is 1. The van der Waals surface area contributed by atoms with E-state index in [9.17, 15) is 4.79 Å². The lowest BCUT2D eigenvalue weighted by atomic mass is 10.1. The van der Waals surface area contributed by atoms with E-state index < -0.39 is 6.09 Å². The van der Waals surface area contributed by atoms with Crippen LogP contribution in [0.2, 0.25) is 5.02 Å². The summed E-state index contributed by atoms with van der Waals surface area (Å²) in [6.45, 7) is 0.434. The van der Waals surface area contributed by atoms with Crippen molar-refractivity contribution >= 4 is 30.3 Å². The lowest BCUT2D eigenvalue weighted by Crippen LogP contribution is -2.26. The number of carboxylic acid groups (broad SMARTS) is 1. The Balaban J connectivity index is 2.65. The topological polar surface area (TPSA) is 40.5 Å². The van der Waals surface area contributed by atoms with Gasteiger partial charge in [0.25, 0.3) is 0 Å². The molecule has 3 nitrogen and oxygen atoms in total. The van der Waals surface area contributed by atoms with E-state index in [1.165, 1.54) is 11.9 Å². The van der Waals surface area contributed by atoms with Gasteiger partial charge in [-0.15, -0.1) is 12.6 Å². The molecule has 0 saturated heterocycles. The normalized spacial score (nSPS) is 10.1. The van der Waals surface area contributed by atoms with Crippen LogP contribution in [0.5, 0.6) is 0 Å². The molecule has 5 heteroatoms. The summed E-state index contributed by atoms with van der Waals surface area (Å²) in [5.74, 6) is 0. The molecule has 1 aromatic carbocycles. The first-order valence-corrected chi connectivity index (χ1v) is 5.24. The van der Waals surface area contributed by atoms with Crippen LogP contribution in [0.1, 0.15) is 5.56 Å². The molecule has 0 aliphatic carbocycles. The number of rotatable bonds is 3. The van der Waals surface area contributed by atoms with E-state index in [4.69, 9.17) is 16.7 Å². The van der Waals surface area contributed by atoms with Crippen molar-refractivity contribution in [2.24, 2.45) is 0 Å². The Morgan fingerprint density at radius 2 is 2.27 bits per heavy atom. The van der Waals surface area contributed by atoms with Crippen LogP contribution in [0.4, 0.5) is 4.79 Å². The maximum atomic E-state index is 10.6. The van der Waals surface area contributed by atoms with Gasteiger partial charge in [0.2, 0.25) is 0 Å². The minimum absolute atomic E-state index is 0.434. The van der Waals surface area contributed by atoms with Gasteiger partial charge in [-0.2, -0.15) is 0 Å². The van der Waals surface area contributed by atoms with Gasteiger partial charge in [0.05, 0.1) is 0 Å². The second kappa shape index (κ2) is 5.28. The summed E-state index contributed by atoms with van der Waals surface area (Å²) in [7, 11) is 1.53. The largest absolute Gasteiger partial charge is 0.465 e. The zero-order valence-corrected chi connectivity index (χ0v) is 9.92. The van der Waals surface area contributed by atoms with E-state index in [0.29, 0.717) is 18.0 Å². The summed E-state index contributed by atoms with van der Waals surface area (Å²) in [5, 5.41) is 9.30. The number of halogens is 1. The van der Waals surface area contributed by atoms with Gasteiger partial charge in [0, 0.05) is 23.5 Å². The van der Waals surface area contributed by atoms with Crippen molar-refractivity contribution in [3.05, 3.63) is 28.8 Å². The van der Waals surface area contributed by atoms with Gasteiger partial charge in [-0.3, -0.25) is 0 Å².